The Labute approximate surface area is 217 Å². The molecule has 10 nitrogen and oxygen atoms in total. The monoisotopic (exact) mass is 525 g/mol. The first-order valence-corrected chi connectivity index (χ1v) is 13.2. The van der Waals surface area contributed by atoms with Gasteiger partial charge in [-0.2, -0.15) is 11.8 Å². The van der Waals surface area contributed by atoms with E-state index in [1.807, 2.05) is 13.2 Å². The first-order valence-electron chi connectivity index (χ1n) is 11.9. The predicted octanol–water partition coefficient (Wildman–Crippen LogP) is 3.00. The van der Waals surface area contributed by atoms with Gasteiger partial charge in [-0.25, -0.2) is 4.79 Å². The Kier molecular flexibility index (Phi) is 13.1. The number of nitrogens with one attached hydrogen (secondary N) is 2. The van der Waals surface area contributed by atoms with Crippen LogP contribution in [0.15, 0.2) is 24.3 Å². The van der Waals surface area contributed by atoms with E-state index in [0.29, 0.717) is 24.2 Å². The smallest absolute Gasteiger partial charge is 0.408 e. The number of amides is 3. The summed E-state index contributed by atoms with van der Waals surface area (Å²) in [4.78, 5) is 52.7. The number of ether oxygens (including phenoxy) is 2. The molecule has 3 N–H and O–H groups in total. The molecule has 0 aliphatic rings. The minimum atomic E-state index is -1.15. The highest BCUT2D eigenvalue weighted by atomic mass is 32.2. The highest BCUT2D eigenvalue weighted by molar-refractivity contribution is 7.98. The molecule has 1 aromatic rings. The molecule has 0 aliphatic heterocycles. The van der Waals surface area contributed by atoms with E-state index >= 15 is 0 Å². The molecular weight excluding hydrogens is 486 g/mol. The lowest BCUT2D eigenvalue weighted by Crippen LogP contribution is -2.53. The van der Waals surface area contributed by atoms with Gasteiger partial charge in [0.2, 0.25) is 11.8 Å². The second-order valence-corrected chi connectivity index (χ2v) is 10.1. The molecule has 0 radical (unpaired) electrons. The number of rotatable bonds is 13. The van der Waals surface area contributed by atoms with Gasteiger partial charge in [0, 0.05) is 6.54 Å². The third-order valence-electron chi connectivity index (χ3n) is 5.02. The van der Waals surface area contributed by atoms with Gasteiger partial charge in [-0.15, -0.1) is 0 Å². The number of hydrogen-bond acceptors (Lipinski definition) is 8. The van der Waals surface area contributed by atoms with E-state index in [1.165, 1.54) is 35.9 Å². The molecule has 11 heteroatoms. The summed E-state index contributed by atoms with van der Waals surface area (Å²) in [6.45, 7) is 6.96. The van der Waals surface area contributed by atoms with Gasteiger partial charge in [0.15, 0.2) is 0 Å². The summed E-state index contributed by atoms with van der Waals surface area (Å²) >= 11 is 1.52. The summed E-state index contributed by atoms with van der Waals surface area (Å²) in [7, 11) is 1.21. The van der Waals surface area contributed by atoms with E-state index in [1.54, 1.807) is 32.9 Å². The van der Waals surface area contributed by atoms with Crippen molar-refractivity contribution in [2.24, 2.45) is 0 Å². The van der Waals surface area contributed by atoms with Crippen LogP contribution in [-0.4, -0.2) is 77.7 Å². The number of alkyl carbamates (subject to hydrolysis) is 1. The third kappa shape index (κ3) is 10.8. The van der Waals surface area contributed by atoms with Crippen molar-refractivity contribution in [3.05, 3.63) is 29.8 Å². The summed E-state index contributed by atoms with van der Waals surface area (Å²) in [5.74, 6) is -1.22. The average Bonchev–Trinajstić information content (AvgIpc) is 2.80. The number of aromatic hydroxyl groups is 1. The number of benzene rings is 1. The van der Waals surface area contributed by atoms with E-state index < -0.39 is 41.6 Å². The molecule has 2 atom stereocenters. The molecule has 2 unspecified atom stereocenters. The fourth-order valence-corrected chi connectivity index (χ4v) is 3.81. The van der Waals surface area contributed by atoms with E-state index in [-0.39, 0.29) is 18.8 Å². The van der Waals surface area contributed by atoms with Gasteiger partial charge in [-0.3, -0.25) is 14.4 Å². The summed E-state index contributed by atoms with van der Waals surface area (Å²) in [5, 5.41) is 15.2. The number of unbranched alkanes of at least 4 members (excludes halogenated alkanes) is 1. The molecule has 0 bridgehead atoms. The predicted molar refractivity (Wildman–Crippen MR) is 139 cm³/mol. The van der Waals surface area contributed by atoms with Crippen molar-refractivity contribution in [2.45, 2.75) is 64.6 Å². The van der Waals surface area contributed by atoms with Crippen LogP contribution in [0.4, 0.5) is 4.79 Å². The van der Waals surface area contributed by atoms with E-state index in [4.69, 9.17) is 4.74 Å². The second-order valence-electron chi connectivity index (χ2n) is 9.16. The lowest BCUT2D eigenvalue weighted by atomic mass is 10.0. The minimum absolute atomic E-state index is 0.0769. The molecule has 36 heavy (non-hydrogen) atoms. The fraction of sp³-hybridized carbons (Fsp3) is 0.600. The van der Waals surface area contributed by atoms with E-state index in [2.05, 4.69) is 15.4 Å². The topological polar surface area (TPSA) is 134 Å². The van der Waals surface area contributed by atoms with Gasteiger partial charge in [0.25, 0.3) is 0 Å². The lowest BCUT2D eigenvalue weighted by molar-refractivity contribution is -0.144. The van der Waals surface area contributed by atoms with E-state index in [9.17, 15) is 24.3 Å². The molecule has 0 fully saturated rings. The maximum Gasteiger partial charge on any atom is 0.408 e. The molecule has 0 heterocycles. The molecular formula is C25H39N3O7S. The summed E-state index contributed by atoms with van der Waals surface area (Å²) in [6.07, 6.45) is 2.81. The van der Waals surface area contributed by atoms with Crippen molar-refractivity contribution in [3.8, 4) is 5.75 Å². The van der Waals surface area contributed by atoms with Gasteiger partial charge >= 0.3 is 12.1 Å². The Morgan fingerprint density at radius 3 is 2.44 bits per heavy atom. The maximum atomic E-state index is 13.9. The number of carbonyl (C=O) groups is 4. The quantitative estimate of drug-likeness (QED) is 0.335. The number of nitrogens with zero attached hydrogens (tertiary/aromatic N) is 1. The van der Waals surface area contributed by atoms with Crippen LogP contribution in [0.2, 0.25) is 0 Å². The Hall–Kier alpha value is -2.95. The van der Waals surface area contributed by atoms with Crippen molar-refractivity contribution in [1.29, 1.82) is 0 Å². The lowest BCUT2D eigenvalue weighted by Gasteiger charge is -2.34. The number of esters is 1. The standard InChI is InChI=1S/C25H39N3O7S/c1-7-8-13-28(23(32)19(12-14-36-6)27-24(33)35-25(2,3)4)21(17-10-9-11-18(29)15-17)22(31)26-16-20(30)34-5/h9-11,15,19,21,29H,7-8,12-14,16H2,1-6H3,(H,26,31)(H,27,33). The summed E-state index contributed by atoms with van der Waals surface area (Å²) in [5.41, 5.74) is -0.389. The summed E-state index contributed by atoms with van der Waals surface area (Å²) in [6, 6.07) is 3.93. The zero-order valence-electron chi connectivity index (χ0n) is 22.0. The molecule has 0 aromatic heterocycles. The zero-order valence-corrected chi connectivity index (χ0v) is 22.8. The van der Waals surface area contributed by atoms with Crippen LogP contribution in [0.5, 0.6) is 5.75 Å². The van der Waals surface area contributed by atoms with Crippen molar-refractivity contribution in [3.63, 3.8) is 0 Å². The van der Waals surface area contributed by atoms with Gasteiger partial charge in [0.1, 0.15) is 30.0 Å². The van der Waals surface area contributed by atoms with Gasteiger partial charge in [0.05, 0.1) is 7.11 Å². The van der Waals surface area contributed by atoms with Crippen LogP contribution in [0.3, 0.4) is 0 Å². The van der Waals surface area contributed by atoms with Crippen molar-refractivity contribution >= 4 is 35.6 Å². The highest BCUT2D eigenvalue weighted by Crippen LogP contribution is 2.26. The minimum Gasteiger partial charge on any atom is -0.508 e. The number of carbonyl (C=O) groups excluding carboxylic acids is 4. The zero-order chi connectivity index (χ0) is 27.3. The van der Waals surface area contributed by atoms with Crippen LogP contribution < -0.4 is 10.6 Å². The molecule has 3 amide bonds. The van der Waals surface area contributed by atoms with Crippen LogP contribution in [-0.2, 0) is 23.9 Å². The average molecular weight is 526 g/mol. The number of hydrogen-bond donors (Lipinski definition) is 3. The molecule has 202 valence electrons. The molecule has 0 saturated carbocycles. The Balaban J connectivity index is 3.42. The maximum absolute atomic E-state index is 13.9. The van der Waals surface area contributed by atoms with Crippen LogP contribution in [0.25, 0.3) is 0 Å². The van der Waals surface area contributed by atoms with Crippen LogP contribution in [0.1, 0.15) is 58.6 Å². The van der Waals surface area contributed by atoms with Crippen molar-refractivity contribution in [1.82, 2.24) is 15.5 Å². The Morgan fingerprint density at radius 2 is 1.89 bits per heavy atom. The van der Waals surface area contributed by atoms with Gasteiger partial charge < -0.3 is 30.1 Å². The molecule has 1 rings (SSSR count). The largest absolute Gasteiger partial charge is 0.508 e. The first-order chi connectivity index (χ1) is 16.9. The number of phenolic OH excluding ortho intramolecular Hbond substituents is 1. The third-order valence-corrected chi connectivity index (χ3v) is 5.66. The summed E-state index contributed by atoms with van der Waals surface area (Å²) < 4.78 is 9.96. The van der Waals surface area contributed by atoms with Crippen LogP contribution >= 0.6 is 11.8 Å². The molecule has 1 aromatic carbocycles. The Bertz CT molecular complexity index is 889. The van der Waals surface area contributed by atoms with Crippen LogP contribution in [0, 0.1) is 0 Å². The molecule has 0 saturated heterocycles. The Morgan fingerprint density at radius 1 is 1.19 bits per heavy atom. The fourth-order valence-electron chi connectivity index (χ4n) is 3.33. The van der Waals surface area contributed by atoms with Crippen molar-refractivity contribution in [2.75, 3.05) is 32.2 Å². The number of phenols is 1. The van der Waals surface area contributed by atoms with E-state index in [0.717, 1.165) is 6.42 Å². The van der Waals surface area contributed by atoms with Gasteiger partial charge in [-0.1, -0.05) is 25.5 Å². The first kappa shape index (κ1) is 31.1. The second kappa shape index (κ2) is 15.2. The normalized spacial score (nSPS) is 12.7. The van der Waals surface area contributed by atoms with Crippen molar-refractivity contribution < 1.29 is 33.8 Å². The van der Waals surface area contributed by atoms with Gasteiger partial charge in [-0.05, 0) is 63.3 Å². The highest BCUT2D eigenvalue weighted by Gasteiger charge is 2.36. The number of methoxy groups -OCH3 is 1. The molecule has 0 spiro atoms. The number of thioether (sulfide) groups is 1. The molecule has 0 aliphatic carbocycles. The SMILES string of the molecule is CCCCN(C(=O)C(CCSC)NC(=O)OC(C)(C)C)C(C(=O)NCC(=O)OC)c1cccc(O)c1.